The lowest BCUT2D eigenvalue weighted by molar-refractivity contribution is -0.671. The Balaban J connectivity index is 0.00000231. The molecule has 1 aliphatic heterocycles. The van der Waals surface area contributed by atoms with Crippen LogP contribution in [0.4, 0.5) is 10.1 Å². The average Bonchev–Trinajstić information content (AvgIpc) is 3.45. The number of aromatic carboxylic acids is 1. The first-order valence-corrected chi connectivity index (χ1v) is 10.2. The van der Waals surface area contributed by atoms with Crippen molar-refractivity contribution in [1.29, 1.82) is 0 Å². The molecule has 1 unspecified atom stereocenters. The van der Waals surface area contributed by atoms with Crippen molar-refractivity contribution in [2.75, 3.05) is 18.0 Å². The summed E-state index contributed by atoms with van der Waals surface area (Å²) >= 11 is 0. The normalized spacial score (nSPS) is 18.3. The molecule has 3 heterocycles. The molecule has 0 radical (unpaired) electrons. The Labute approximate surface area is 195 Å². The largest absolute Gasteiger partial charge is 1.00 e. The van der Waals surface area contributed by atoms with Gasteiger partial charge in [-0.25, -0.2) is 13.8 Å². The summed E-state index contributed by atoms with van der Waals surface area (Å²) in [7, 11) is 1.98. The van der Waals surface area contributed by atoms with Crippen LogP contribution in [0.15, 0.2) is 47.7 Å². The first kappa shape index (κ1) is 21.7. The molecule has 3 aromatic rings. The number of carboxylic acids is 1. The van der Waals surface area contributed by atoms with Crippen molar-refractivity contribution in [3.63, 3.8) is 0 Å². The Morgan fingerprint density at radius 2 is 1.90 bits per heavy atom. The van der Waals surface area contributed by atoms with Crippen molar-refractivity contribution in [2.45, 2.75) is 31.2 Å². The van der Waals surface area contributed by atoms with Crippen molar-refractivity contribution < 1.29 is 42.8 Å². The molecule has 0 bridgehead atoms. The molecule has 1 atom stereocenters. The molecule has 8 heteroatoms. The maximum Gasteiger partial charge on any atom is 0.341 e. The third-order valence-electron chi connectivity index (χ3n) is 6.28. The number of rotatable bonds is 4. The summed E-state index contributed by atoms with van der Waals surface area (Å²) in [5.41, 5.74) is 1.39. The first-order valence-electron chi connectivity index (χ1n) is 10.2. The lowest BCUT2D eigenvalue weighted by Gasteiger charge is -2.21. The number of anilines is 1. The summed E-state index contributed by atoms with van der Waals surface area (Å²) < 4.78 is 18.9. The lowest BCUT2D eigenvalue weighted by Crippen LogP contribution is -3.00. The predicted molar refractivity (Wildman–Crippen MR) is 111 cm³/mol. The molecule has 0 spiro atoms. The minimum Gasteiger partial charge on any atom is -1.00 e. The maximum atomic E-state index is 15.1. The number of pyridine rings is 2. The summed E-state index contributed by atoms with van der Waals surface area (Å²) in [4.78, 5) is 26.2. The number of hydrogen-bond donors (Lipinski definition) is 1. The van der Waals surface area contributed by atoms with Gasteiger partial charge in [0, 0.05) is 48.8 Å². The number of benzene rings is 1. The molecule has 162 valence electrons. The van der Waals surface area contributed by atoms with E-state index in [4.69, 9.17) is 0 Å². The second-order valence-corrected chi connectivity index (χ2v) is 8.36. The van der Waals surface area contributed by atoms with Crippen LogP contribution in [-0.2, 0) is 7.05 Å². The van der Waals surface area contributed by atoms with Gasteiger partial charge >= 0.3 is 5.97 Å². The van der Waals surface area contributed by atoms with Crippen molar-refractivity contribution in [3.8, 4) is 0 Å². The number of halogens is 2. The fourth-order valence-corrected chi connectivity index (χ4v) is 4.44. The Kier molecular flexibility index (Phi) is 5.76. The molecule has 2 fully saturated rings. The topological polar surface area (TPSA) is 66.4 Å². The van der Waals surface area contributed by atoms with Crippen LogP contribution in [0.2, 0.25) is 0 Å². The van der Waals surface area contributed by atoms with Gasteiger partial charge in [-0.05, 0) is 37.0 Å². The molecule has 5 rings (SSSR count). The van der Waals surface area contributed by atoms with Crippen LogP contribution < -0.4 is 38.9 Å². The minimum atomic E-state index is -1.28. The Bertz CT molecular complexity index is 1220. The molecule has 1 saturated carbocycles. The van der Waals surface area contributed by atoms with Gasteiger partial charge in [0.15, 0.2) is 12.4 Å². The quantitative estimate of drug-likeness (QED) is 0.378. The van der Waals surface area contributed by atoms with Crippen LogP contribution in [0.1, 0.15) is 47.1 Å². The van der Waals surface area contributed by atoms with Gasteiger partial charge in [0.05, 0.1) is 11.2 Å². The van der Waals surface area contributed by atoms with Crippen LogP contribution in [0.25, 0.3) is 10.9 Å². The predicted octanol–water partition coefficient (Wildman–Crippen LogP) is -0.00390. The van der Waals surface area contributed by atoms with Gasteiger partial charge < -0.3 is 38.6 Å². The number of fused-ring (bicyclic) bond motifs is 1. The number of hydrogen-bond acceptors (Lipinski definition) is 3. The van der Waals surface area contributed by atoms with Crippen molar-refractivity contribution in [1.82, 2.24) is 4.57 Å². The Morgan fingerprint density at radius 1 is 1.19 bits per heavy atom. The summed E-state index contributed by atoms with van der Waals surface area (Å²) in [5, 5.41) is 9.52. The van der Waals surface area contributed by atoms with E-state index < -0.39 is 17.2 Å². The van der Waals surface area contributed by atoms with Gasteiger partial charge in [0.25, 0.3) is 0 Å². The molecule has 1 N–H and O–H groups in total. The van der Waals surface area contributed by atoms with E-state index in [1.54, 1.807) is 6.07 Å². The van der Waals surface area contributed by atoms with Crippen LogP contribution in [0, 0.1) is 5.82 Å². The van der Waals surface area contributed by atoms with Crippen molar-refractivity contribution in [2.24, 2.45) is 7.05 Å². The van der Waals surface area contributed by atoms with Crippen LogP contribution in [0.5, 0.6) is 0 Å². The molecule has 1 aliphatic carbocycles. The smallest absolute Gasteiger partial charge is 0.341 e. The fraction of sp³-hybridized carbons (Fsp3) is 0.348. The molecular weight excluding hydrogens is 512 g/mol. The van der Waals surface area contributed by atoms with Crippen molar-refractivity contribution >= 4 is 22.6 Å². The summed E-state index contributed by atoms with van der Waals surface area (Å²) in [6, 6.07) is 7.31. The molecule has 6 nitrogen and oxygen atoms in total. The van der Waals surface area contributed by atoms with Crippen molar-refractivity contribution in [3.05, 3.63) is 70.0 Å². The standard InChI is InChI=1S/C23H22FN3O3.HI/c1-25-7-4-14(5-8-25)15-6-9-26(12-15)21-11-20-17(10-19(21)24)22(28)18(23(29)30)13-27(20)16-2-3-16;/h4-5,7-8,10-11,13,15-16H,2-3,6,9,12H2,1H3;1H. The molecule has 0 amide bonds. The maximum absolute atomic E-state index is 15.1. The van der Waals surface area contributed by atoms with E-state index in [0.29, 0.717) is 23.7 Å². The lowest BCUT2D eigenvalue weighted by atomic mass is 10.00. The molecule has 1 saturated heterocycles. The zero-order valence-electron chi connectivity index (χ0n) is 17.1. The highest BCUT2D eigenvalue weighted by atomic mass is 127. The van der Waals surface area contributed by atoms with E-state index >= 15 is 4.39 Å². The van der Waals surface area contributed by atoms with E-state index in [1.165, 1.54) is 17.8 Å². The third kappa shape index (κ3) is 3.93. The SMILES string of the molecule is C[n+]1ccc(C2CCN(c3cc4c(cc3F)c(=O)c(C(=O)O)cn4C3CC3)C2)cc1.[I-]. The van der Waals surface area contributed by atoms with Gasteiger partial charge in [0.2, 0.25) is 5.43 Å². The molecule has 2 aromatic heterocycles. The first-order chi connectivity index (χ1) is 14.4. The zero-order chi connectivity index (χ0) is 21.0. The van der Waals surface area contributed by atoms with E-state index in [0.717, 1.165) is 25.8 Å². The number of carbonyl (C=O) groups is 1. The number of nitrogens with zero attached hydrogens (tertiary/aromatic N) is 3. The molecular formula is C23H23FIN3O3. The second-order valence-electron chi connectivity index (χ2n) is 8.36. The van der Waals surface area contributed by atoms with Gasteiger partial charge in [0.1, 0.15) is 18.4 Å². The highest BCUT2D eigenvalue weighted by Gasteiger charge is 2.30. The highest BCUT2D eigenvalue weighted by molar-refractivity contribution is 5.93. The number of carboxylic acid groups (broad SMARTS) is 1. The minimum absolute atomic E-state index is 0. The molecule has 1 aromatic carbocycles. The van der Waals surface area contributed by atoms with E-state index in [1.807, 2.05) is 33.5 Å². The molecule has 31 heavy (non-hydrogen) atoms. The molecule has 2 aliphatic rings. The third-order valence-corrected chi connectivity index (χ3v) is 6.28. The summed E-state index contributed by atoms with van der Waals surface area (Å²) in [6.45, 7) is 1.44. The average molecular weight is 535 g/mol. The number of aromatic nitrogens is 2. The van der Waals surface area contributed by atoms with Gasteiger partial charge in [-0.3, -0.25) is 4.79 Å². The van der Waals surface area contributed by atoms with Gasteiger partial charge in [-0.15, -0.1) is 0 Å². The Morgan fingerprint density at radius 3 is 2.55 bits per heavy atom. The zero-order valence-corrected chi connectivity index (χ0v) is 19.3. The second kappa shape index (κ2) is 8.22. The monoisotopic (exact) mass is 535 g/mol. The Hall–Kier alpha value is -2.49. The summed E-state index contributed by atoms with van der Waals surface area (Å²) in [6.07, 6.45) is 8.25. The van der Waals surface area contributed by atoms with E-state index in [-0.39, 0.29) is 41.0 Å². The van der Waals surface area contributed by atoms with Crippen LogP contribution in [0.3, 0.4) is 0 Å². The summed E-state index contributed by atoms with van der Waals surface area (Å²) in [5.74, 6) is -1.44. The number of aryl methyl sites for hydroxylation is 1. The van der Waals surface area contributed by atoms with E-state index in [2.05, 4.69) is 12.1 Å². The van der Waals surface area contributed by atoms with E-state index in [9.17, 15) is 14.7 Å². The fourth-order valence-electron chi connectivity index (χ4n) is 4.44. The van der Waals surface area contributed by atoms with Crippen LogP contribution in [-0.4, -0.2) is 28.7 Å². The van der Waals surface area contributed by atoms with Gasteiger partial charge in [-0.2, -0.15) is 0 Å². The van der Waals surface area contributed by atoms with Crippen LogP contribution >= 0.6 is 0 Å². The van der Waals surface area contributed by atoms with Gasteiger partial charge in [-0.1, -0.05) is 0 Å². The highest BCUT2D eigenvalue weighted by Crippen LogP contribution is 2.39.